The number of aliphatic carboxylic acids is 1. The molecule has 0 unspecified atom stereocenters. The van der Waals surface area contributed by atoms with Crippen molar-refractivity contribution in [2.45, 2.75) is 6.42 Å². The monoisotopic (exact) mass is 1170 g/mol. The molecule has 0 radical (unpaired) electrons. The zero-order valence-corrected chi connectivity index (χ0v) is 48.2. The predicted octanol–water partition coefficient (Wildman–Crippen LogP) is -0.395. The lowest BCUT2D eigenvalue weighted by molar-refractivity contribution is -0.138. The van der Waals surface area contributed by atoms with Crippen LogP contribution >= 0.6 is 0 Å². The van der Waals surface area contributed by atoms with Crippen LogP contribution in [0.15, 0.2) is 0 Å². The number of ether oxygens (including phenoxy) is 24. The van der Waals surface area contributed by atoms with Crippen molar-refractivity contribution in [1.29, 1.82) is 0 Å². The van der Waals surface area contributed by atoms with Crippen molar-refractivity contribution >= 4 is 11.9 Å². The number of carboxylic acid groups (broad SMARTS) is 1. The molecule has 1 amide bonds. The van der Waals surface area contributed by atoms with E-state index in [0.29, 0.717) is 304 Å². The highest BCUT2D eigenvalue weighted by Crippen LogP contribution is 1.92. The Morgan fingerprint density at radius 1 is 0.225 bits per heavy atom. The van der Waals surface area contributed by atoms with Gasteiger partial charge in [-0.25, -0.2) is 0 Å². The fourth-order valence-electron chi connectivity index (χ4n) is 5.51. The zero-order valence-electron chi connectivity index (χ0n) is 48.2. The van der Waals surface area contributed by atoms with E-state index >= 15 is 0 Å². The number of hydrogen-bond acceptors (Lipinski definition) is 26. The molecule has 28 nitrogen and oxygen atoms in total. The van der Waals surface area contributed by atoms with E-state index in [4.69, 9.17) is 119 Å². The van der Waals surface area contributed by atoms with E-state index in [1.165, 1.54) is 0 Å². The average molecular weight is 1170 g/mol. The number of carbonyl (C=O) groups excluding carboxylic acids is 1. The minimum Gasteiger partial charge on any atom is -0.480 e. The quantitative estimate of drug-likeness (QED) is 0.0733. The van der Waals surface area contributed by atoms with Gasteiger partial charge in [0.05, 0.1) is 311 Å². The summed E-state index contributed by atoms with van der Waals surface area (Å²) < 4.78 is 131. The Morgan fingerprint density at radius 2 is 0.350 bits per heavy atom. The summed E-state index contributed by atoms with van der Waals surface area (Å²) in [6.07, 6.45) is 0.0951. The first-order valence-electron chi connectivity index (χ1n) is 27.9. The average Bonchev–Trinajstić information content (AvgIpc) is 3.46. The molecule has 0 aromatic heterocycles. The molecule has 0 atom stereocenters. The highest BCUT2D eigenvalue weighted by Gasteiger charge is 2.04. The standard InChI is InChI=1S/C52H103NO27/c1-57-4-5-59-8-9-61-12-13-63-16-17-65-20-21-67-24-25-69-28-29-71-32-33-73-36-37-75-40-41-77-44-45-79-48-49-80-47-46-78-43-42-76-39-38-74-35-34-72-31-30-70-27-26-68-23-22-66-19-18-64-15-14-62-11-10-60-7-6-58-3-2-51(54)53-50-52(55)56/h2-50H2,1H3,(H,53,54)(H,55,56). The normalized spacial score (nSPS) is 11.6. The molecule has 0 aliphatic carbocycles. The number of hydrogen-bond donors (Lipinski definition) is 2. The van der Waals surface area contributed by atoms with Gasteiger partial charge in [0.1, 0.15) is 6.54 Å². The van der Waals surface area contributed by atoms with E-state index in [2.05, 4.69) is 5.32 Å². The molecular weight excluding hydrogens is 1070 g/mol. The summed E-state index contributed by atoms with van der Waals surface area (Å²) in [6.45, 7) is 21.9. The number of carboxylic acids is 1. The van der Waals surface area contributed by atoms with Gasteiger partial charge in [-0.05, 0) is 0 Å². The van der Waals surface area contributed by atoms with E-state index in [1.54, 1.807) is 7.11 Å². The summed E-state index contributed by atoms with van der Waals surface area (Å²) in [5, 5.41) is 10.8. The van der Waals surface area contributed by atoms with Crippen molar-refractivity contribution in [3.05, 3.63) is 0 Å². The Hall–Kier alpha value is -2.02. The molecular formula is C52H103NO27. The molecule has 2 N–H and O–H groups in total. The summed E-state index contributed by atoms with van der Waals surface area (Å²) in [4.78, 5) is 21.7. The first-order chi connectivity index (χ1) is 39.7. The summed E-state index contributed by atoms with van der Waals surface area (Å²) >= 11 is 0. The van der Waals surface area contributed by atoms with Gasteiger partial charge >= 0.3 is 5.97 Å². The first-order valence-corrected chi connectivity index (χ1v) is 27.9. The van der Waals surface area contributed by atoms with Crippen molar-refractivity contribution in [2.24, 2.45) is 0 Å². The van der Waals surface area contributed by atoms with Crippen molar-refractivity contribution in [2.75, 3.05) is 324 Å². The largest absolute Gasteiger partial charge is 0.480 e. The second-order valence-electron chi connectivity index (χ2n) is 16.0. The van der Waals surface area contributed by atoms with Crippen molar-refractivity contribution in [1.82, 2.24) is 5.32 Å². The van der Waals surface area contributed by atoms with Gasteiger partial charge in [0, 0.05) is 13.5 Å². The van der Waals surface area contributed by atoms with Crippen molar-refractivity contribution in [3.8, 4) is 0 Å². The van der Waals surface area contributed by atoms with Crippen LogP contribution in [0, 0.1) is 0 Å². The SMILES string of the molecule is COCCOCCOCCOCCOCCOCCOCCOCCOCCOCCOCCOCCOCCOCCOCCOCCOCCOCCOCCOCCOCCOCCOCCOCCC(=O)NCC(=O)O. The van der Waals surface area contributed by atoms with Gasteiger partial charge in [0.2, 0.25) is 5.91 Å². The Bertz CT molecular complexity index is 1180. The van der Waals surface area contributed by atoms with E-state index in [-0.39, 0.29) is 18.9 Å². The minimum atomic E-state index is -1.09. The highest BCUT2D eigenvalue weighted by molar-refractivity contribution is 5.81. The van der Waals surface area contributed by atoms with E-state index in [1.807, 2.05) is 0 Å². The van der Waals surface area contributed by atoms with Gasteiger partial charge in [-0.3, -0.25) is 9.59 Å². The van der Waals surface area contributed by atoms with Gasteiger partial charge in [0.25, 0.3) is 0 Å². The first kappa shape index (κ1) is 78.0. The van der Waals surface area contributed by atoms with Crippen LogP contribution in [0.1, 0.15) is 6.42 Å². The molecule has 0 fully saturated rings. The summed E-state index contributed by atoms with van der Waals surface area (Å²) in [7, 11) is 1.64. The molecule has 80 heavy (non-hydrogen) atoms. The van der Waals surface area contributed by atoms with Crippen LogP contribution in [0.2, 0.25) is 0 Å². The van der Waals surface area contributed by atoms with Gasteiger partial charge in [-0.1, -0.05) is 0 Å². The lowest BCUT2D eigenvalue weighted by Gasteiger charge is -2.09. The number of rotatable bonds is 74. The second-order valence-corrected chi connectivity index (χ2v) is 16.0. The Labute approximate surface area is 475 Å². The molecule has 0 spiro atoms. The van der Waals surface area contributed by atoms with Gasteiger partial charge in [-0.15, -0.1) is 0 Å². The third-order valence-electron chi connectivity index (χ3n) is 9.53. The maximum absolute atomic E-state index is 11.3. The molecule has 478 valence electrons. The fraction of sp³-hybridized carbons (Fsp3) is 0.962. The molecule has 0 bridgehead atoms. The molecule has 0 heterocycles. The molecule has 0 aromatic carbocycles. The number of carbonyl (C=O) groups is 2. The Balaban J connectivity index is 3.09. The topological polar surface area (TPSA) is 288 Å². The van der Waals surface area contributed by atoms with Crippen LogP contribution in [0.5, 0.6) is 0 Å². The van der Waals surface area contributed by atoms with Crippen LogP contribution in [-0.2, 0) is 123 Å². The number of methoxy groups -OCH3 is 1. The van der Waals surface area contributed by atoms with Crippen LogP contribution in [0.4, 0.5) is 0 Å². The lowest BCUT2D eigenvalue weighted by atomic mass is 10.4. The fourth-order valence-corrected chi connectivity index (χ4v) is 5.51. The van der Waals surface area contributed by atoms with Gasteiger partial charge < -0.3 is 124 Å². The molecule has 0 aromatic rings. The van der Waals surface area contributed by atoms with E-state index in [9.17, 15) is 9.59 Å². The smallest absolute Gasteiger partial charge is 0.322 e. The number of amides is 1. The predicted molar refractivity (Wildman–Crippen MR) is 286 cm³/mol. The second kappa shape index (κ2) is 73.1. The van der Waals surface area contributed by atoms with Gasteiger partial charge in [0.15, 0.2) is 0 Å². The molecule has 0 aliphatic rings. The third kappa shape index (κ3) is 74.0. The van der Waals surface area contributed by atoms with Crippen molar-refractivity contribution in [3.63, 3.8) is 0 Å². The van der Waals surface area contributed by atoms with Gasteiger partial charge in [-0.2, -0.15) is 0 Å². The summed E-state index contributed by atoms with van der Waals surface area (Å²) in [5.41, 5.74) is 0. The minimum absolute atomic E-state index is 0.0951. The van der Waals surface area contributed by atoms with E-state index < -0.39 is 12.5 Å². The third-order valence-corrected chi connectivity index (χ3v) is 9.53. The van der Waals surface area contributed by atoms with Crippen molar-refractivity contribution < 1.29 is 128 Å². The highest BCUT2D eigenvalue weighted by atomic mass is 16.6. The Morgan fingerprint density at radius 3 is 0.475 bits per heavy atom. The van der Waals surface area contributed by atoms with Crippen LogP contribution < -0.4 is 5.32 Å². The molecule has 0 saturated heterocycles. The number of nitrogens with one attached hydrogen (secondary N) is 1. The molecule has 0 saturated carbocycles. The maximum Gasteiger partial charge on any atom is 0.322 e. The zero-order chi connectivity index (χ0) is 57.5. The van der Waals surface area contributed by atoms with Crippen LogP contribution in [0.25, 0.3) is 0 Å². The Kier molecular flexibility index (Phi) is 71.2. The summed E-state index contributed by atoms with van der Waals surface area (Å²) in [6, 6.07) is 0. The summed E-state index contributed by atoms with van der Waals surface area (Å²) in [5.74, 6) is -1.46. The van der Waals surface area contributed by atoms with Crippen LogP contribution in [-0.4, -0.2) is 341 Å². The molecule has 0 rings (SSSR count). The maximum atomic E-state index is 11.3. The van der Waals surface area contributed by atoms with Crippen LogP contribution in [0.3, 0.4) is 0 Å². The molecule has 28 heteroatoms. The van der Waals surface area contributed by atoms with E-state index in [0.717, 1.165) is 0 Å². The lowest BCUT2D eigenvalue weighted by Crippen LogP contribution is -2.30. The molecule has 0 aliphatic heterocycles.